The van der Waals surface area contributed by atoms with Gasteiger partial charge in [0.1, 0.15) is 18.9 Å². The van der Waals surface area contributed by atoms with Crippen molar-refractivity contribution in [3.8, 4) is 18.1 Å². The van der Waals surface area contributed by atoms with Crippen molar-refractivity contribution in [2.75, 3.05) is 19.8 Å². The van der Waals surface area contributed by atoms with E-state index in [9.17, 15) is 14.4 Å². The third-order valence-corrected chi connectivity index (χ3v) is 4.89. The Morgan fingerprint density at radius 3 is 2.79 bits per heavy atom. The quantitative estimate of drug-likeness (QED) is 0.424. The van der Waals surface area contributed by atoms with Gasteiger partial charge in [-0.3, -0.25) is 19.3 Å². The molecule has 1 aliphatic heterocycles. The van der Waals surface area contributed by atoms with Crippen LogP contribution >= 0.6 is 11.8 Å². The minimum Gasteiger partial charge on any atom is -0.480 e. The molecule has 3 rings (SSSR count). The van der Waals surface area contributed by atoms with Crippen molar-refractivity contribution in [1.29, 1.82) is 0 Å². The smallest absolute Gasteiger partial charge is 0.326 e. The zero-order valence-corrected chi connectivity index (χ0v) is 16.0. The van der Waals surface area contributed by atoms with Gasteiger partial charge in [0, 0.05) is 5.56 Å². The topological polar surface area (TPSA) is 72.9 Å². The fourth-order valence-corrected chi connectivity index (χ4v) is 3.59. The second-order valence-electron chi connectivity index (χ2n) is 5.76. The third kappa shape index (κ3) is 4.02. The molecule has 0 atom stereocenters. The highest BCUT2D eigenvalue weighted by atomic mass is 32.2. The molecule has 0 aromatic heterocycles. The molecule has 28 heavy (non-hydrogen) atoms. The molecule has 1 saturated heterocycles. The normalized spacial score (nSPS) is 15.1. The summed E-state index contributed by atoms with van der Waals surface area (Å²) >= 11 is 0.773. The first-order valence-electron chi connectivity index (χ1n) is 8.54. The maximum Gasteiger partial charge on any atom is 0.326 e. The Labute approximate surface area is 166 Å². The molecule has 1 heterocycles. The number of benzene rings is 2. The molecule has 0 spiro atoms. The fourth-order valence-electron chi connectivity index (χ4n) is 2.77. The summed E-state index contributed by atoms with van der Waals surface area (Å²) in [6.07, 6.45) is 6.89. The first-order valence-corrected chi connectivity index (χ1v) is 9.35. The first-order chi connectivity index (χ1) is 13.5. The zero-order chi connectivity index (χ0) is 20.1. The van der Waals surface area contributed by atoms with Crippen molar-refractivity contribution in [3.05, 3.63) is 46.9 Å². The van der Waals surface area contributed by atoms with Crippen LogP contribution in [0.2, 0.25) is 0 Å². The zero-order valence-electron chi connectivity index (χ0n) is 15.1. The van der Waals surface area contributed by atoms with E-state index >= 15 is 0 Å². The van der Waals surface area contributed by atoms with Gasteiger partial charge in [-0.1, -0.05) is 36.3 Å². The number of carbonyl (C=O) groups is 3. The Kier molecular flexibility index (Phi) is 6.02. The van der Waals surface area contributed by atoms with E-state index in [1.165, 1.54) is 0 Å². The van der Waals surface area contributed by atoms with Crippen molar-refractivity contribution >= 4 is 45.7 Å². The highest BCUT2D eigenvalue weighted by Gasteiger charge is 2.36. The first kappa shape index (κ1) is 19.5. The average molecular weight is 395 g/mol. The molecule has 7 heteroatoms. The predicted octanol–water partition coefficient (Wildman–Crippen LogP) is 3.45. The van der Waals surface area contributed by atoms with Crippen LogP contribution in [0.15, 0.2) is 41.3 Å². The molecule has 0 saturated carbocycles. The van der Waals surface area contributed by atoms with Crippen LogP contribution in [0.3, 0.4) is 0 Å². The van der Waals surface area contributed by atoms with E-state index < -0.39 is 23.7 Å². The number of hydrogen-bond acceptors (Lipinski definition) is 6. The monoisotopic (exact) mass is 395 g/mol. The number of carbonyl (C=O) groups excluding carboxylic acids is 3. The molecule has 1 fully saturated rings. The van der Waals surface area contributed by atoms with Gasteiger partial charge >= 0.3 is 5.97 Å². The minimum absolute atomic E-state index is 0.0729. The Morgan fingerprint density at radius 2 is 2.04 bits per heavy atom. The lowest BCUT2D eigenvalue weighted by Crippen LogP contribution is -2.34. The van der Waals surface area contributed by atoms with Crippen LogP contribution in [-0.4, -0.2) is 41.8 Å². The fraction of sp³-hybridized carbons (Fsp3) is 0.190. The van der Waals surface area contributed by atoms with E-state index in [2.05, 4.69) is 5.92 Å². The van der Waals surface area contributed by atoms with Gasteiger partial charge in [-0.05, 0) is 41.6 Å². The summed E-state index contributed by atoms with van der Waals surface area (Å²) < 4.78 is 10.4. The van der Waals surface area contributed by atoms with E-state index in [4.69, 9.17) is 15.9 Å². The highest BCUT2D eigenvalue weighted by Crippen LogP contribution is 2.36. The molecular weight excluding hydrogens is 378 g/mol. The maximum absolute atomic E-state index is 12.7. The van der Waals surface area contributed by atoms with Crippen LogP contribution in [-0.2, 0) is 14.3 Å². The van der Waals surface area contributed by atoms with Crippen molar-refractivity contribution in [1.82, 2.24) is 4.90 Å². The van der Waals surface area contributed by atoms with Crippen LogP contribution < -0.4 is 4.74 Å². The summed E-state index contributed by atoms with van der Waals surface area (Å²) in [4.78, 5) is 37.6. The SMILES string of the molecule is C#CCOc1ccc2ccccc2c1/C=C1\SC(=O)N(CC(=O)OCC)C1=O. The number of terminal acetylenes is 1. The van der Waals surface area contributed by atoms with Gasteiger partial charge in [0.25, 0.3) is 11.1 Å². The lowest BCUT2D eigenvalue weighted by Gasteiger charge is -2.12. The Bertz CT molecular complexity index is 1020. The molecule has 2 aromatic rings. The van der Waals surface area contributed by atoms with Gasteiger partial charge in [0.2, 0.25) is 0 Å². The number of fused-ring (bicyclic) bond motifs is 1. The molecule has 6 nitrogen and oxygen atoms in total. The Balaban J connectivity index is 1.99. The van der Waals surface area contributed by atoms with Crippen LogP contribution in [0.5, 0.6) is 5.75 Å². The molecule has 2 aromatic carbocycles. The van der Waals surface area contributed by atoms with Crippen LogP contribution in [0.25, 0.3) is 16.8 Å². The summed E-state index contributed by atoms with van der Waals surface area (Å²) in [5, 5.41) is 1.29. The number of ether oxygens (including phenoxy) is 2. The number of rotatable bonds is 6. The van der Waals surface area contributed by atoms with Crippen LogP contribution in [0, 0.1) is 12.3 Å². The van der Waals surface area contributed by atoms with E-state index in [-0.39, 0.29) is 18.1 Å². The summed E-state index contributed by atoms with van der Waals surface area (Å²) in [6.45, 7) is 1.50. The molecule has 0 unspecified atom stereocenters. The van der Waals surface area contributed by atoms with E-state index in [0.29, 0.717) is 11.3 Å². The molecular formula is C21H17NO5S. The molecule has 2 amide bonds. The van der Waals surface area contributed by atoms with Crippen molar-refractivity contribution < 1.29 is 23.9 Å². The van der Waals surface area contributed by atoms with Crippen LogP contribution in [0.1, 0.15) is 12.5 Å². The van der Waals surface area contributed by atoms with Gasteiger partial charge < -0.3 is 9.47 Å². The number of imide groups is 1. The standard InChI is InChI=1S/C21H17NO5S/c1-3-11-27-17-10-9-14-7-5-6-8-15(14)16(17)12-18-20(24)22(21(25)28-18)13-19(23)26-4-2/h1,5-10,12H,4,11,13H2,2H3/b18-12-. The Hall–Kier alpha value is -3.24. The third-order valence-electron chi connectivity index (χ3n) is 3.98. The second-order valence-corrected chi connectivity index (χ2v) is 6.76. The molecule has 0 radical (unpaired) electrons. The largest absolute Gasteiger partial charge is 0.480 e. The van der Waals surface area contributed by atoms with Gasteiger partial charge in [0.05, 0.1) is 11.5 Å². The lowest BCUT2D eigenvalue weighted by molar-refractivity contribution is -0.145. The minimum atomic E-state index is -0.630. The van der Waals surface area contributed by atoms with Crippen molar-refractivity contribution in [2.24, 2.45) is 0 Å². The summed E-state index contributed by atoms with van der Waals surface area (Å²) in [7, 11) is 0. The molecule has 1 aliphatic rings. The number of nitrogens with zero attached hydrogens (tertiary/aromatic N) is 1. The van der Waals surface area contributed by atoms with Gasteiger partial charge in [-0.15, -0.1) is 6.42 Å². The molecule has 0 bridgehead atoms. The Morgan fingerprint density at radius 1 is 1.25 bits per heavy atom. The number of esters is 1. The highest BCUT2D eigenvalue weighted by molar-refractivity contribution is 8.18. The second kappa shape index (κ2) is 8.63. The van der Waals surface area contributed by atoms with E-state index in [0.717, 1.165) is 27.4 Å². The molecule has 0 N–H and O–H groups in total. The van der Waals surface area contributed by atoms with E-state index in [1.54, 1.807) is 19.1 Å². The van der Waals surface area contributed by atoms with Crippen molar-refractivity contribution in [3.63, 3.8) is 0 Å². The molecule has 0 aliphatic carbocycles. The number of amides is 2. The van der Waals surface area contributed by atoms with Gasteiger partial charge in [0.15, 0.2) is 0 Å². The van der Waals surface area contributed by atoms with Crippen LogP contribution in [0.4, 0.5) is 4.79 Å². The van der Waals surface area contributed by atoms with Crippen molar-refractivity contribution in [2.45, 2.75) is 6.92 Å². The van der Waals surface area contributed by atoms with E-state index in [1.807, 2.05) is 30.3 Å². The predicted molar refractivity (Wildman–Crippen MR) is 108 cm³/mol. The number of thioether (sulfide) groups is 1. The summed E-state index contributed by atoms with van der Waals surface area (Å²) in [5.41, 5.74) is 0.648. The average Bonchev–Trinajstić information content (AvgIpc) is 2.95. The summed E-state index contributed by atoms with van der Waals surface area (Å²) in [6, 6.07) is 11.3. The maximum atomic E-state index is 12.7. The summed E-state index contributed by atoms with van der Waals surface area (Å²) in [5.74, 6) is 1.75. The number of hydrogen-bond donors (Lipinski definition) is 0. The molecule has 142 valence electrons. The van der Waals surface area contributed by atoms with Gasteiger partial charge in [-0.25, -0.2) is 0 Å². The lowest BCUT2D eigenvalue weighted by atomic mass is 10.0. The van der Waals surface area contributed by atoms with Gasteiger partial charge in [-0.2, -0.15) is 0 Å².